The Kier molecular flexibility index (Phi) is 2.55. The molecule has 1 aromatic carbocycles. The maximum absolute atomic E-state index is 11.4. The van der Waals surface area contributed by atoms with E-state index in [1.54, 1.807) is 0 Å². The van der Waals surface area contributed by atoms with Crippen molar-refractivity contribution in [2.24, 2.45) is 5.92 Å². The maximum Gasteiger partial charge on any atom is 0.223 e. The Labute approximate surface area is 99.0 Å². The first-order valence-corrected chi connectivity index (χ1v) is 5.93. The Hall–Kier alpha value is -1.84. The van der Waals surface area contributed by atoms with Gasteiger partial charge in [-0.05, 0) is 37.0 Å². The van der Waals surface area contributed by atoms with Gasteiger partial charge in [0, 0.05) is 12.5 Å². The van der Waals surface area contributed by atoms with Crippen molar-refractivity contribution in [1.29, 1.82) is 0 Å². The second-order valence-corrected chi connectivity index (χ2v) is 4.47. The molecule has 0 atom stereocenters. The van der Waals surface area contributed by atoms with E-state index in [4.69, 9.17) is 4.42 Å². The van der Waals surface area contributed by atoms with Crippen molar-refractivity contribution >= 4 is 17.0 Å². The lowest BCUT2D eigenvalue weighted by atomic mass is 10.1. The third-order valence-corrected chi connectivity index (χ3v) is 3.06. The van der Waals surface area contributed by atoms with Crippen molar-refractivity contribution < 1.29 is 9.21 Å². The normalized spacial score (nSPS) is 15.1. The summed E-state index contributed by atoms with van der Waals surface area (Å²) in [5.74, 6) is 0.484. The molecule has 1 fully saturated rings. The number of carbonyl (C=O) groups excluding carboxylic acids is 1. The van der Waals surface area contributed by atoms with Crippen LogP contribution in [0.15, 0.2) is 29.0 Å². The molecular formula is C13H14N2O2. The van der Waals surface area contributed by atoms with Gasteiger partial charge in [-0.3, -0.25) is 4.79 Å². The number of rotatable bonds is 4. The quantitative estimate of drug-likeness (QED) is 0.872. The Balaban J connectivity index is 1.58. The van der Waals surface area contributed by atoms with Crippen LogP contribution in [-0.2, 0) is 11.2 Å². The van der Waals surface area contributed by atoms with E-state index in [9.17, 15) is 4.79 Å². The average molecular weight is 230 g/mol. The Bertz CT molecular complexity index is 543. The van der Waals surface area contributed by atoms with Crippen LogP contribution in [0.3, 0.4) is 0 Å². The summed E-state index contributed by atoms with van der Waals surface area (Å²) in [6.45, 7) is 0.689. The number of nitrogens with one attached hydrogen (secondary N) is 1. The molecule has 0 radical (unpaired) electrons. The van der Waals surface area contributed by atoms with Crippen molar-refractivity contribution in [1.82, 2.24) is 10.3 Å². The molecule has 0 saturated heterocycles. The van der Waals surface area contributed by atoms with Gasteiger partial charge in [0.05, 0.1) is 0 Å². The highest BCUT2D eigenvalue weighted by molar-refractivity contribution is 5.80. The minimum absolute atomic E-state index is 0.200. The molecule has 0 bridgehead atoms. The Morgan fingerprint density at radius 3 is 3.18 bits per heavy atom. The largest absolute Gasteiger partial charge is 0.443 e. The van der Waals surface area contributed by atoms with Crippen LogP contribution in [0, 0.1) is 5.92 Å². The number of oxazole rings is 1. The number of amides is 1. The first-order chi connectivity index (χ1) is 8.33. The molecule has 1 aliphatic carbocycles. The maximum atomic E-state index is 11.4. The average Bonchev–Trinajstić information content (AvgIpc) is 3.08. The first kappa shape index (κ1) is 10.3. The predicted octanol–water partition coefficient (Wildman–Crippen LogP) is 1.90. The second kappa shape index (κ2) is 4.20. The van der Waals surface area contributed by atoms with Gasteiger partial charge < -0.3 is 9.73 Å². The standard InChI is InChI=1S/C13H14N2O2/c16-13(10-2-3-10)14-6-5-9-1-4-11-12(7-9)17-8-15-11/h1,4,7-8,10H,2-3,5-6H2,(H,14,16). The molecule has 3 rings (SSSR count). The summed E-state index contributed by atoms with van der Waals surface area (Å²) in [6.07, 6.45) is 4.38. The second-order valence-electron chi connectivity index (χ2n) is 4.47. The molecular weight excluding hydrogens is 216 g/mol. The van der Waals surface area contributed by atoms with E-state index in [1.807, 2.05) is 18.2 Å². The minimum atomic E-state index is 0.200. The van der Waals surface area contributed by atoms with Gasteiger partial charge in [-0.25, -0.2) is 4.98 Å². The molecule has 1 saturated carbocycles. The van der Waals surface area contributed by atoms with Crippen LogP contribution in [0.2, 0.25) is 0 Å². The zero-order valence-corrected chi connectivity index (χ0v) is 9.48. The van der Waals surface area contributed by atoms with Crippen LogP contribution in [0.4, 0.5) is 0 Å². The van der Waals surface area contributed by atoms with E-state index in [0.717, 1.165) is 35.9 Å². The monoisotopic (exact) mass is 230 g/mol. The highest BCUT2D eigenvalue weighted by Crippen LogP contribution is 2.28. The summed E-state index contributed by atoms with van der Waals surface area (Å²) in [7, 11) is 0. The molecule has 4 heteroatoms. The zero-order valence-electron chi connectivity index (χ0n) is 9.48. The van der Waals surface area contributed by atoms with E-state index in [0.29, 0.717) is 6.54 Å². The van der Waals surface area contributed by atoms with Gasteiger partial charge in [0.1, 0.15) is 5.52 Å². The molecule has 1 amide bonds. The Morgan fingerprint density at radius 1 is 1.47 bits per heavy atom. The highest BCUT2D eigenvalue weighted by Gasteiger charge is 2.28. The van der Waals surface area contributed by atoms with Gasteiger partial charge in [-0.1, -0.05) is 6.07 Å². The third kappa shape index (κ3) is 2.30. The van der Waals surface area contributed by atoms with Gasteiger partial charge in [-0.2, -0.15) is 0 Å². The van der Waals surface area contributed by atoms with Crippen LogP contribution in [-0.4, -0.2) is 17.4 Å². The van der Waals surface area contributed by atoms with Crippen LogP contribution in [0.25, 0.3) is 11.1 Å². The fraction of sp³-hybridized carbons (Fsp3) is 0.385. The number of carbonyl (C=O) groups is 1. The van der Waals surface area contributed by atoms with Crippen LogP contribution < -0.4 is 5.32 Å². The fourth-order valence-corrected chi connectivity index (χ4v) is 1.87. The van der Waals surface area contributed by atoms with Gasteiger partial charge in [0.15, 0.2) is 12.0 Å². The van der Waals surface area contributed by atoms with Crippen LogP contribution in [0.5, 0.6) is 0 Å². The first-order valence-electron chi connectivity index (χ1n) is 5.93. The summed E-state index contributed by atoms with van der Waals surface area (Å²) in [6, 6.07) is 5.94. The van der Waals surface area contributed by atoms with Crippen molar-refractivity contribution in [3.8, 4) is 0 Å². The van der Waals surface area contributed by atoms with Crippen molar-refractivity contribution in [2.45, 2.75) is 19.3 Å². The lowest BCUT2D eigenvalue weighted by molar-refractivity contribution is -0.122. The molecule has 1 aromatic heterocycles. The molecule has 0 spiro atoms. The highest BCUT2D eigenvalue weighted by atomic mass is 16.3. The smallest absolute Gasteiger partial charge is 0.223 e. The van der Waals surface area contributed by atoms with Crippen molar-refractivity contribution in [3.63, 3.8) is 0 Å². The van der Waals surface area contributed by atoms with Crippen LogP contribution in [0.1, 0.15) is 18.4 Å². The van der Waals surface area contributed by atoms with E-state index in [-0.39, 0.29) is 11.8 Å². The minimum Gasteiger partial charge on any atom is -0.443 e. The molecule has 88 valence electrons. The van der Waals surface area contributed by atoms with E-state index in [1.165, 1.54) is 6.39 Å². The molecule has 0 unspecified atom stereocenters. The summed E-state index contributed by atoms with van der Waals surface area (Å²) < 4.78 is 5.24. The summed E-state index contributed by atoms with van der Waals surface area (Å²) >= 11 is 0. The van der Waals surface area contributed by atoms with E-state index in [2.05, 4.69) is 10.3 Å². The summed E-state index contributed by atoms with van der Waals surface area (Å²) in [4.78, 5) is 15.5. The number of nitrogens with zero attached hydrogens (tertiary/aromatic N) is 1. The van der Waals surface area contributed by atoms with Crippen molar-refractivity contribution in [2.75, 3.05) is 6.54 Å². The number of aromatic nitrogens is 1. The van der Waals surface area contributed by atoms with Gasteiger partial charge in [0.2, 0.25) is 5.91 Å². The van der Waals surface area contributed by atoms with E-state index >= 15 is 0 Å². The molecule has 0 aliphatic heterocycles. The predicted molar refractivity (Wildman–Crippen MR) is 63.4 cm³/mol. The van der Waals surface area contributed by atoms with Gasteiger partial charge in [-0.15, -0.1) is 0 Å². The molecule has 1 N–H and O–H groups in total. The molecule has 4 nitrogen and oxygen atoms in total. The number of fused-ring (bicyclic) bond motifs is 1. The Morgan fingerprint density at radius 2 is 2.35 bits per heavy atom. The van der Waals surface area contributed by atoms with Crippen LogP contribution >= 0.6 is 0 Å². The molecule has 1 aliphatic rings. The number of hydrogen-bond donors (Lipinski definition) is 1. The topological polar surface area (TPSA) is 55.1 Å². The third-order valence-electron chi connectivity index (χ3n) is 3.06. The lowest BCUT2D eigenvalue weighted by Gasteiger charge is -2.04. The number of hydrogen-bond acceptors (Lipinski definition) is 3. The lowest BCUT2D eigenvalue weighted by Crippen LogP contribution is -2.26. The molecule has 1 heterocycles. The SMILES string of the molecule is O=C(NCCc1ccc2ncoc2c1)C1CC1. The van der Waals surface area contributed by atoms with E-state index < -0.39 is 0 Å². The molecule has 2 aromatic rings. The van der Waals surface area contributed by atoms with Gasteiger partial charge >= 0.3 is 0 Å². The number of benzene rings is 1. The summed E-state index contributed by atoms with van der Waals surface area (Å²) in [5.41, 5.74) is 2.83. The fourth-order valence-electron chi connectivity index (χ4n) is 1.87. The molecule has 17 heavy (non-hydrogen) atoms. The van der Waals surface area contributed by atoms with Gasteiger partial charge in [0.25, 0.3) is 0 Å². The summed E-state index contributed by atoms with van der Waals surface area (Å²) in [5, 5.41) is 2.95. The zero-order chi connectivity index (χ0) is 11.7. The van der Waals surface area contributed by atoms with Crippen molar-refractivity contribution in [3.05, 3.63) is 30.2 Å².